The number of carbonyl (C=O) groups is 2. The van der Waals surface area contributed by atoms with Crippen molar-refractivity contribution in [3.63, 3.8) is 0 Å². The zero-order valence-corrected chi connectivity index (χ0v) is 6.82. The zero-order chi connectivity index (χ0) is 9.56. The lowest BCUT2D eigenvalue weighted by atomic mass is 10.3. The van der Waals surface area contributed by atoms with Crippen molar-refractivity contribution in [3.8, 4) is 0 Å². The smallest absolute Gasteiger partial charge is 0.303 e. The molecule has 0 aliphatic carbocycles. The van der Waals surface area contributed by atoms with Crippen LogP contribution in [0.1, 0.15) is 19.8 Å². The van der Waals surface area contributed by atoms with Gasteiger partial charge < -0.3 is 14.9 Å². The standard InChI is InChI=1S/C4H6O4.C3H6O/c5-3(6)1-2-4(7)8;1-3-2-4-3/h1-2H2,(H,5,6)(H,7,8);3H,2H2,1H3. The van der Waals surface area contributed by atoms with Gasteiger partial charge >= 0.3 is 11.9 Å². The normalized spacial score (nSPS) is 18.9. The van der Waals surface area contributed by atoms with E-state index in [2.05, 4.69) is 6.92 Å². The quantitative estimate of drug-likeness (QED) is 0.605. The molecule has 1 heterocycles. The summed E-state index contributed by atoms with van der Waals surface area (Å²) in [6.45, 7) is 3.04. The fraction of sp³-hybridized carbons (Fsp3) is 0.714. The highest BCUT2D eigenvalue weighted by Crippen LogP contribution is 2.04. The van der Waals surface area contributed by atoms with Crippen LogP contribution < -0.4 is 0 Å². The molecule has 0 aromatic carbocycles. The van der Waals surface area contributed by atoms with Gasteiger partial charge in [0, 0.05) is 0 Å². The summed E-state index contributed by atoms with van der Waals surface area (Å²) in [5.41, 5.74) is 0. The van der Waals surface area contributed by atoms with Crippen molar-refractivity contribution in [1.82, 2.24) is 0 Å². The van der Waals surface area contributed by atoms with Gasteiger partial charge in [0.05, 0.1) is 25.6 Å². The summed E-state index contributed by atoms with van der Waals surface area (Å²) in [6, 6.07) is 0. The summed E-state index contributed by atoms with van der Waals surface area (Å²) in [5, 5.41) is 15.8. The Morgan fingerprint density at radius 1 is 1.33 bits per heavy atom. The molecule has 0 spiro atoms. The van der Waals surface area contributed by atoms with E-state index in [0.717, 1.165) is 6.61 Å². The van der Waals surface area contributed by atoms with Gasteiger partial charge in [-0.2, -0.15) is 0 Å². The molecule has 0 radical (unpaired) electrons. The Labute approximate surface area is 70.0 Å². The molecule has 1 aliphatic heterocycles. The van der Waals surface area contributed by atoms with E-state index in [1.54, 1.807) is 0 Å². The van der Waals surface area contributed by atoms with Crippen molar-refractivity contribution in [2.45, 2.75) is 25.9 Å². The van der Waals surface area contributed by atoms with Gasteiger partial charge in [-0.15, -0.1) is 0 Å². The largest absolute Gasteiger partial charge is 0.481 e. The Morgan fingerprint density at radius 2 is 1.58 bits per heavy atom. The molecule has 1 saturated heterocycles. The summed E-state index contributed by atoms with van der Waals surface area (Å²) in [5.74, 6) is -2.15. The molecule has 0 saturated carbocycles. The molecule has 1 fully saturated rings. The Balaban J connectivity index is 0.000000247. The van der Waals surface area contributed by atoms with Gasteiger partial charge in [0.25, 0.3) is 0 Å². The van der Waals surface area contributed by atoms with E-state index in [9.17, 15) is 9.59 Å². The monoisotopic (exact) mass is 176 g/mol. The molecule has 1 aliphatic rings. The summed E-state index contributed by atoms with van der Waals surface area (Å²) < 4.78 is 4.71. The summed E-state index contributed by atoms with van der Waals surface area (Å²) >= 11 is 0. The minimum Gasteiger partial charge on any atom is -0.481 e. The zero-order valence-electron chi connectivity index (χ0n) is 6.82. The molecule has 2 N–H and O–H groups in total. The topological polar surface area (TPSA) is 87.1 Å². The lowest BCUT2D eigenvalue weighted by Gasteiger charge is -1.85. The first kappa shape index (κ1) is 10.9. The molecule has 0 aromatic rings. The van der Waals surface area contributed by atoms with Crippen LogP contribution in [0.15, 0.2) is 0 Å². The van der Waals surface area contributed by atoms with Crippen LogP contribution in [0.5, 0.6) is 0 Å². The molecular formula is C7H12O5. The molecule has 1 atom stereocenters. The summed E-state index contributed by atoms with van der Waals surface area (Å²) in [6.07, 6.45) is -0.00926. The van der Waals surface area contributed by atoms with Crippen LogP contribution in [0.4, 0.5) is 0 Å². The minimum absolute atomic E-state index is 0.296. The van der Waals surface area contributed by atoms with Crippen molar-refractivity contribution in [3.05, 3.63) is 0 Å². The van der Waals surface area contributed by atoms with Gasteiger partial charge in [-0.1, -0.05) is 0 Å². The van der Waals surface area contributed by atoms with Crippen molar-refractivity contribution in [2.24, 2.45) is 0 Å². The maximum absolute atomic E-state index is 9.64. The average Bonchev–Trinajstić information content (AvgIpc) is 2.69. The highest BCUT2D eigenvalue weighted by molar-refractivity contribution is 5.75. The summed E-state index contributed by atoms with van der Waals surface area (Å²) in [4.78, 5) is 19.3. The third-order valence-electron chi connectivity index (χ3n) is 1.05. The third-order valence-corrected chi connectivity index (χ3v) is 1.05. The van der Waals surface area contributed by atoms with E-state index in [0.29, 0.717) is 6.10 Å². The predicted molar refractivity (Wildman–Crippen MR) is 39.9 cm³/mol. The van der Waals surface area contributed by atoms with Crippen LogP contribution >= 0.6 is 0 Å². The number of ether oxygens (including phenoxy) is 1. The van der Waals surface area contributed by atoms with Gasteiger partial charge in [-0.3, -0.25) is 9.59 Å². The number of hydrogen-bond acceptors (Lipinski definition) is 3. The van der Waals surface area contributed by atoms with Crippen molar-refractivity contribution >= 4 is 11.9 Å². The van der Waals surface area contributed by atoms with E-state index in [1.165, 1.54) is 0 Å². The van der Waals surface area contributed by atoms with Crippen LogP contribution in [0, 0.1) is 0 Å². The molecular weight excluding hydrogens is 164 g/mol. The van der Waals surface area contributed by atoms with E-state index < -0.39 is 11.9 Å². The Bertz CT molecular complexity index is 147. The molecule has 5 heteroatoms. The van der Waals surface area contributed by atoms with Crippen LogP contribution in [0.2, 0.25) is 0 Å². The van der Waals surface area contributed by atoms with Crippen LogP contribution in [-0.2, 0) is 14.3 Å². The third kappa shape index (κ3) is 11.7. The number of carboxylic acids is 2. The molecule has 12 heavy (non-hydrogen) atoms. The number of rotatable bonds is 3. The average molecular weight is 176 g/mol. The van der Waals surface area contributed by atoms with E-state index in [1.807, 2.05) is 0 Å². The molecule has 1 rings (SSSR count). The van der Waals surface area contributed by atoms with Gasteiger partial charge in [0.2, 0.25) is 0 Å². The van der Waals surface area contributed by atoms with Gasteiger partial charge in [-0.25, -0.2) is 0 Å². The SMILES string of the molecule is CC1CO1.O=C(O)CCC(=O)O. The van der Waals surface area contributed by atoms with Crippen LogP contribution in [0.25, 0.3) is 0 Å². The van der Waals surface area contributed by atoms with E-state index >= 15 is 0 Å². The van der Waals surface area contributed by atoms with Crippen LogP contribution in [0.3, 0.4) is 0 Å². The van der Waals surface area contributed by atoms with Crippen molar-refractivity contribution in [2.75, 3.05) is 6.61 Å². The summed E-state index contributed by atoms with van der Waals surface area (Å²) in [7, 11) is 0. The van der Waals surface area contributed by atoms with E-state index in [-0.39, 0.29) is 12.8 Å². The molecule has 0 aromatic heterocycles. The lowest BCUT2D eigenvalue weighted by molar-refractivity contribution is -0.143. The second-order valence-corrected chi connectivity index (χ2v) is 2.43. The van der Waals surface area contributed by atoms with Crippen molar-refractivity contribution < 1.29 is 24.5 Å². The second kappa shape index (κ2) is 5.54. The molecule has 70 valence electrons. The minimum atomic E-state index is -1.08. The molecule has 0 amide bonds. The highest BCUT2D eigenvalue weighted by atomic mass is 16.6. The fourth-order valence-electron chi connectivity index (χ4n) is 0.310. The number of hydrogen-bond donors (Lipinski definition) is 2. The first-order chi connectivity index (χ1) is 5.52. The second-order valence-electron chi connectivity index (χ2n) is 2.43. The molecule has 1 unspecified atom stereocenters. The first-order valence-electron chi connectivity index (χ1n) is 3.57. The number of carboxylic acid groups (broad SMARTS) is 2. The van der Waals surface area contributed by atoms with Gasteiger partial charge in [-0.05, 0) is 6.92 Å². The van der Waals surface area contributed by atoms with Gasteiger partial charge in [0.1, 0.15) is 0 Å². The fourth-order valence-corrected chi connectivity index (χ4v) is 0.310. The Hall–Kier alpha value is -1.10. The van der Waals surface area contributed by atoms with E-state index in [4.69, 9.17) is 14.9 Å². The molecule has 5 nitrogen and oxygen atoms in total. The predicted octanol–water partition coefficient (Wildman–Crippen LogP) is 0.341. The van der Waals surface area contributed by atoms with Crippen molar-refractivity contribution in [1.29, 1.82) is 0 Å². The maximum atomic E-state index is 9.64. The highest BCUT2D eigenvalue weighted by Gasteiger charge is 2.13. The first-order valence-corrected chi connectivity index (χ1v) is 3.57. The number of epoxide rings is 1. The van der Waals surface area contributed by atoms with Gasteiger partial charge in [0.15, 0.2) is 0 Å². The molecule has 0 bridgehead atoms. The maximum Gasteiger partial charge on any atom is 0.303 e. The Kier molecular flexibility index (Phi) is 5.03. The van der Waals surface area contributed by atoms with Crippen LogP contribution in [-0.4, -0.2) is 34.9 Å². The number of aliphatic carboxylic acids is 2. The Morgan fingerprint density at radius 3 is 1.67 bits per heavy atom. The lowest BCUT2D eigenvalue weighted by Crippen LogP contribution is -2.00.